The van der Waals surface area contributed by atoms with Crippen LogP contribution in [-0.2, 0) is 17.9 Å². The van der Waals surface area contributed by atoms with Crippen LogP contribution in [0, 0.1) is 5.82 Å². The van der Waals surface area contributed by atoms with Crippen LogP contribution in [-0.4, -0.2) is 26.9 Å². The van der Waals surface area contributed by atoms with Crippen molar-refractivity contribution < 1.29 is 18.6 Å². The third kappa shape index (κ3) is 7.30. The number of hydrogen-bond acceptors (Lipinski definition) is 4. The Morgan fingerprint density at radius 2 is 1.82 bits per heavy atom. The highest BCUT2D eigenvalue weighted by atomic mass is 35.5. The van der Waals surface area contributed by atoms with Crippen molar-refractivity contribution in [2.45, 2.75) is 39.3 Å². The van der Waals surface area contributed by atoms with Gasteiger partial charge in [0.15, 0.2) is 11.5 Å². The first-order valence-electron chi connectivity index (χ1n) is 9.66. The lowest BCUT2D eigenvalue weighted by atomic mass is 10.2. The average Bonchev–Trinajstić information content (AvgIpc) is 2.70. The Morgan fingerprint density at radius 3 is 2.57 bits per heavy atom. The summed E-state index contributed by atoms with van der Waals surface area (Å²) < 4.78 is 30.4. The highest BCUT2D eigenvalue weighted by Gasteiger charge is 2.12. The van der Waals surface area contributed by atoms with Gasteiger partial charge in [-0.15, -0.1) is 0 Å². The minimum absolute atomic E-state index is 0.106. The number of halogens is 2. The Hall–Kier alpha value is -1.82. The van der Waals surface area contributed by atoms with Gasteiger partial charge in [0.2, 0.25) is 0 Å². The Balaban J connectivity index is 1.85. The highest BCUT2D eigenvalue weighted by Crippen LogP contribution is 2.34. The first-order chi connectivity index (χ1) is 13.7. The van der Waals surface area contributed by atoms with E-state index in [1.165, 1.54) is 6.07 Å². The summed E-state index contributed by atoms with van der Waals surface area (Å²) in [6, 6.07) is 10.1. The maximum absolute atomic E-state index is 13.8. The summed E-state index contributed by atoms with van der Waals surface area (Å²) in [7, 11) is 1.57. The molecule has 2 aromatic carbocycles. The molecular formula is C22H29ClFNO3. The quantitative estimate of drug-likeness (QED) is 0.452. The largest absolute Gasteiger partial charge is 0.493 e. The SMILES string of the molecule is CCCCOCCCNCc1cc(OC)c(OCc2ccccc2F)cc1Cl. The number of rotatable bonds is 13. The summed E-state index contributed by atoms with van der Waals surface area (Å²) in [5.41, 5.74) is 1.40. The van der Waals surface area contributed by atoms with Crippen molar-refractivity contribution in [2.75, 3.05) is 26.9 Å². The second-order valence-corrected chi connectivity index (χ2v) is 6.88. The van der Waals surface area contributed by atoms with Gasteiger partial charge in [-0.1, -0.05) is 43.1 Å². The second kappa shape index (κ2) is 12.6. The Morgan fingerprint density at radius 1 is 1.04 bits per heavy atom. The summed E-state index contributed by atoms with van der Waals surface area (Å²) in [6.45, 7) is 5.31. The molecule has 0 spiro atoms. The summed E-state index contributed by atoms with van der Waals surface area (Å²) >= 11 is 6.39. The van der Waals surface area contributed by atoms with E-state index in [9.17, 15) is 4.39 Å². The first-order valence-corrected chi connectivity index (χ1v) is 10.0. The molecule has 0 amide bonds. The van der Waals surface area contributed by atoms with Crippen LogP contribution in [0.2, 0.25) is 5.02 Å². The van der Waals surface area contributed by atoms with Crippen molar-refractivity contribution in [3.8, 4) is 11.5 Å². The summed E-state index contributed by atoms with van der Waals surface area (Å²) in [4.78, 5) is 0. The number of hydrogen-bond donors (Lipinski definition) is 1. The van der Waals surface area contributed by atoms with Crippen molar-refractivity contribution in [1.82, 2.24) is 5.32 Å². The van der Waals surface area contributed by atoms with Gasteiger partial charge in [0.1, 0.15) is 12.4 Å². The maximum Gasteiger partial charge on any atom is 0.163 e. The molecule has 0 bridgehead atoms. The minimum Gasteiger partial charge on any atom is -0.493 e. The molecule has 0 aromatic heterocycles. The van der Waals surface area contributed by atoms with Crippen LogP contribution in [0.3, 0.4) is 0 Å². The Labute approximate surface area is 171 Å². The lowest BCUT2D eigenvalue weighted by Crippen LogP contribution is -2.17. The van der Waals surface area contributed by atoms with Gasteiger partial charge in [0.25, 0.3) is 0 Å². The third-order valence-corrected chi connectivity index (χ3v) is 4.63. The fraction of sp³-hybridized carbons (Fsp3) is 0.455. The number of benzene rings is 2. The van der Waals surface area contributed by atoms with Gasteiger partial charge in [0, 0.05) is 36.4 Å². The summed E-state index contributed by atoms with van der Waals surface area (Å²) in [6.07, 6.45) is 3.20. The van der Waals surface area contributed by atoms with Crippen LogP contribution in [0.15, 0.2) is 36.4 Å². The monoisotopic (exact) mass is 409 g/mol. The van der Waals surface area contributed by atoms with E-state index in [0.717, 1.165) is 44.6 Å². The van der Waals surface area contributed by atoms with Crippen LogP contribution in [0.4, 0.5) is 4.39 Å². The van der Waals surface area contributed by atoms with Gasteiger partial charge in [-0.2, -0.15) is 0 Å². The molecule has 154 valence electrons. The fourth-order valence-electron chi connectivity index (χ4n) is 2.63. The molecule has 0 saturated carbocycles. The number of unbranched alkanes of at least 4 members (excludes halogenated alkanes) is 1. The van der Waals surface area contributed by atoms with E-state index in [-0.39, 0.29) is 12.4 Å². The van der Waals surface area contributed by atoms with Crippen LogP contribution in [0.25, 0.3) is 0 Å². The van der Waals surface area contributed by atoms with Crippen LogP contribution in [0.1, 0.15) is 37.3 Å². The van der Waals surface area contributed by atoms with E-state index in [1.54, 1.807) is 31.4 Å². The van der Waals surface area contributed by atoms with Gasteiger partial charge in [-0.3, -0.25) is 0 Å². The molecule has 0 fully saturated rings. The molecule has 0 unspecified atom stereocenters. The van der Waals surface area contributed by atoms with Crippen molar-refractivity contribution in [1.29, 1.82) is 0 Å². The zero-order chi connectivity index (χ0) is 20.2. The molecular weight excluding hydrogens is 381 g/mol. The van der Waals surface area contributed by atoms with Crippen molar-refractivity contribution in [3.63, 3.8) is 0 Å². The van der Waals surface area contributed by atoms with E-state index >= 15 is 0 Å². The molecule has 0 saturated heterocycles. The lowest BCUT2D eigenvalue weighted by molar-refractivity contribution is 0.129. The van der Waals surface area contributed by atoms with Gasteiger partial charge in [-0.25, -0.2) is 4.39 Å². The molecule has 0 aliphatic rings. The van der Waals surface area contributed by atoms with Gasteiger partial charge < -0.3 is 19.5 Å². The van der Waals surface area contributed by atoms with Gasteiger partial charge in [-0.05, 0) is 37.1 Å². The number of methoxy groups -OCH3 is 1. The summed E-state index contributed by atoms with van der Waals surface area (Å²) in [5, 5.41) is 3.94. The van der Waals surface area contributed by atoms with Crippen LogP contribution >= 0.6 is 11.6 Å². The van der Waals surface area contributed by atoms with E-state index < -0.39 is 0 Å². The molecule has 0 aliphatic heterocycles. The molecule has 4 nitrogen and oxygen atoms in total. The van der Waals surface area contributed by atoms with E-state index in [1.807, 2.05) is 6.07 Å². The summed E-state index contributed by atoms with van der Waals surface area (Å²) in [5.74, 6) is 0.760. The smallest absolute Gasteiger partial charge is 0.163 e. The van der Waals surface area contributed by atoms with Gasteiger partial charge >= 0.3 is 0 Å². The molecule has 1 N–H and O–H groups in total. The van der Waals surface area contributed by atoms with Crippen molar-refractivity contribution in [2.24, 2.45) is 0 Å². The normalized spacial score (nSPS) is 10.9. The number of ether oxygens (including phenoxy) is 3. The molecule has 0 atom stereocenters. The van der Waals surface area contributed by atoms with Crippen LogP contribution in [0.5, 0.6) is 11.5 Å². The Kier molecular flexibility index (Phi) is 10.1. The molecule has 6 heteroatoms. The fourth-order valence-corrected chi connectivity index (χ4v) is 2.85. The second-order valence-electron chi connectivity index (χ2n) is 6.47. The van der Waals surface area contributed by atoms with Crippen LogP contribution < -0.4 is 14.8 Å². The lowest BCUT2D eigenvalue weighted by Gasteiger charge is -2.14. The molecule has 2 rings (SSSR count). The maximum atomic E-state index is 13.8. The zero-order valence-electron chi connectivity index (χ0n) is 16.6. The standard InChI is InChI=1S/C22H29ClFNO3/c1-3-4-11-27-12-7-10-25-15-18-13-21(26-2)22(14-19(18)23)28-16-17-8-5-6-9-20(17)24/h5-6,8-9,13-14,25H,3-4,7,10-12,15-16H2,1-2H3. The number of nitrogens with one attached hydrogen (secondary N) is 1. The highest BCUT2D eigenvalue weighted by molar-refractivity contribution is 6.31. The van der Waals surface area contributed by atoms with E-state index in [0.29, 0.717) is 28.6 Å². The third-order valence-electron chi connectivity index (χ3n) is 4.27. The first kappa shape index (κ1) is 22.5. The van der Waals surface area contributed by atoms with Crippen molar-refractivity contribution >= 4 is 11.6 Å². The molecule has 0 radical (unpaired) electrons. The topological polar surface area (TPSA) is 39.7 Å². The van der Waals surface area contributed by atoms with Crippen molar-refractivity contribution in [3.05, 3.63) is 58.4 Å². The predicted octanol–water partition coefficient (Wildman–Crippen LogP) is 5.36. The van der Waals surface area contributed by atoms with E-state index in [2.05, 4.69) is 12.2 Å². The molecule has 2 aromatic rings. The predicted molar refractivity (Wildman–Crippen MR) is 111 cm³/mol. The average molecular weight is 410 g/mol. The van der Waals surface area contributed by atoms with Gasteiger partial charge in [0.05, 0.1) is 7.11 Å². The van der Waals surface area contributed by atoms with E-state index in [4.69, 9.17) is 25.8 Å². The Bertz CT molecular complexity index is 727. The molecule has 0 aliphatic carbocycles. The zero-order valence-corrected chi connectivity index (χ0v) is 17.4. The molecule has 0 heterocycles. The molecule has 28 heavy (non-hydrogen) atoms. The minimum atomic E-state index is -0.299.